The number of amides is 2. The lowest BCUT2D eigenvalue weighted by Gasteiger charge is -2.31. The topological polar surface area (TPSA) is 61.9 Å². The van der Waals surface area contributed by atoms with Crippen LogP contribution in [-0.4, -0.2) is 52.9 Å². The van der Waals surface area contributed by atoms with E-state index in [-0.39, 0.29) is 17.9 Å². The van der Waals surface area contributed by atoms with Crippen molar-refractivity contribution in [2.75, 3.05) is 13.1 Å². The Kier molecular flexibility index (Phi) is 5.63. The SMILES string of the molecule is C=C1CCC(N2Cc3cc(O[C@@H]4CCC[C@H]4N(CC)CC)ccc3C2=O)C(=O)N1. The fourth-order valence-electron chi connectivity index (χ4n) is 5.03. The number of benzene rings is 1. The van der Waals surface area contributed by atoms with Gasteiger partial charge in [0.2, 0.25) is 5.91 Å². The van der Waals surface area contributed by atoms with Gasteiger partial charge in [0.15, 0.2) is 0 Å². The summed E-state index contributed by atoms with van der Waals surface area (Å²) >= 11 is 0. The number of nitrogens with one attached hydrogen (secondary N) is 1. The molecule has 6 nitrogen and oxygen atoms in total. The summed E-state index contributed by atoms with van der Waals surface area (Å²) in [5, 5.41) is 2.78. The normalized spacial score (nSPS) is 26.8. The molecule has 1 unspecified atom stereocenters. The highest BCUT2D eigenvalue weighted by molar-refractivity contribution is 6.01. The number of allylic oxidation sites excluding steroid dienone is 1. The molecule has 0 radical (unpaired) electrons. The molecule has 2 aliphatic heterocycles. The Bertz CT molecular complexity index is 818. The number of rotatable bonds is 6. The molecule has 6 heteroatoms. The average Bonchev–Trinajstić information content (AvgIpc) is 3.28. The molecule has 0 spiro atoms. The molecule has 1 aromatic carbocycles. The Labute approximate surface area is 172 Å². The molecule has 2 amide bonds. The van der Waals surface area contributed by atoms with Crippen LogP contribution in [-0.2, 0) is 11.3 Å². The lowest BCUT2D eigenvalue weighted by atomic mass is 10.0. The van der Waals surface area contributed by atoms with Crippen LogP contribution in [0.15, 0.2) is 30.5 Å². The van der Waals surface area contributed by atoms with Crippen LogP contribution in [0.2, 0.25) is 0 Å². The Morgan fingerprint density at radius 3 is 2.72 bits per heavy atom. The molecule has 0 aromatic heterocycles. The Morgan fingerprint density at radius 2 is 2.00 bits per heavy atom. The first-order chi connectivity index (χ1) is 14.0. The van der Waals surface area contributed by atoms with E-state index in [2.05, 4.69) is 30.6 Å². The van der Waals surface area contributed by atoms with Crippen LogP contribution < -0.4 is 10.1 Å². The third-order valence-electron chi connectivity index (χ3n) is 6.59. The second-order valence-electron chi connectivity index (χ2n) is 8.28. The monoisotopic (exact) mass is 397 g/mol. The predicted octanol–water partition coefficient (Wildman–Crippen LogP) is 3.08. The van der Waals surface area contributed by atoms with Crippen molar-refractivity contribution >= 4 is 11.8 Å². The van der Waals surface area contributed by atoms with Crippen LogP contribution in [0.25, 0.3) is 0 Å². The Balaban J connectivity index is 1.48. The lowest BCUT2D eigenvalue weighted by Crippen LogP contribution is -2.49. The number of ether oxygens (including phenoxy) is 1. The molecule has 3 aliphatic rings. The number of fused-ring (bicyclic) bond motifs is 1. The molecule has 156 valence electrons. The van der Waals surface area contributed by atoms with Gasteiger partial charge in [-0.2, -0.15) is 0 Å². The number of piperidine rings is 1. The molecule has 29 heavy (non-hydrogen) atoms. The number of nitrogens with zero attached hydrogens (tertiary/aromatic N) is 2. The van der Waals surface area contributed by atoms with E-state index in [1.807, 2.05) is 18.2 Å². The van der Waals surface area contributed by atoms with Crippen molar-refractivity contribution in [1.82, 2.24) is 15.1 Å². The van der Waals surface area contributed by atoms with E-state index in [9.17, 15) is 9.59 Å². The lowest BCUT2D eigenvalue weighted by molar-refractivity contribution is -0.126. The predicted molar refractivity (Wildman–Crippen MR) is 112 cm³/mol. The summed E-state index contributed by atoms with van der Waals surface area (Å²) in [6.07, 6.45) is 4.95. The van der Waals surface area contributed by atoms with Gasteiger partial charge in [-0.1, -0.05) is 20.4 Å². The van der Waals surface area contributed by atoms with E-state index in [1.165, 1.54) is 12.8 Å². The smallest absolute Gasteiger partial charge is 0.255 e. The Morgan fingerprint density at radius 1 is 1.21 bits per heavy atom. The maximum atomic E-state index is 12.9. The maximum Gasteiger partial charge on any atom is 0.255 e. The van der Waals surface area contributed by atoms with Crippen molar-refractivity contribution in [3.05, 3.63) is 41.6 Å². The molecule has 2 heterocycles. The van der Waals surface area contributed by atoms with Gasteiger partial charge in [0.1, 0.15) is 17.9 Å². The third kappa shape index (κ3) is 3.78. The van der Waals surface area contributed by atoms with Gasteiger partial charge in [0.25, 0.3) is 5.91 Å². The standard InChI is InChI=1S/C23H31N3O3/c1-4-25(5-2)19-7-6-8-21(19)29-17-10-11-18-16(13-17)14-26(23(18)28)20-12-9-15(3)24-22(20)27/h10-11,13,19-21H,3-9,12,14H2,1-2H3,(H,24,27)/t19-,20?,21-/m1/s1. The van der Waals surface area contributed by atoms with Crippen molar-refractivity contribution in [3.8, 4) is 5.75 Å². The molecule has 3 atom stereocenters. The van der Waals surface area contributed by atoms with Gasteiger partial charge in [-0.05, 0) is 69.0 Å². The molecular formula is C23H31N3O3. The second-order valence-corrected chi connectivity index (χ2v) is 8.28. The number of hydrogen-bond acceptors (Lipinski definition) is 4. The number of carbonyl (C=O) groups is 2. The molecule has 1 N–H and O–H groups in total. The van der Waals surface area contributed by atoms with Gasteiger partial charge in [0, 0.05) is 23.8 Å². The van der Waals surface area contributed by atoms with E-state index in [0.29, 0.717) is 31.0 Å². The van der Waals surface area contributed by atoms with Crippen molar-refractivity contribution in [2.45, 2.75) is 70.7 Å². The number of hydrogen-bond donors (Lipinski definition) is 1. The van der Waals surface area contributed by atoms with Crippen LogP contribution in [0, 0.1) is 0 Å². The minimum Gasteiger partial charge on any atom is -0.489 e. The van der Waals surface area contributed by atoms with Crippen LogP contribution in [0.4, 0.5) is 0 Å². The molecule has 1 aromatic rings. The molecule has 0 bridgehead atoms. The van der Waals surface area contributed by atoms with E-state index >= 15 is 0 Å². The first-order valence-electron chi connectivity index (χ1n) is 10.8. The molecule has 1 saturated heterocycles. The fourth-order valence-corrected chi connectivity index (χ4v) is 5.03. The summed E-state index contributed by atoms with van der Waals surface area (Å²) in [5.41, 5.74) is 2.36. The van der Waals surface area contributed by atoms with Gasteiger partial charge < -0.3 is 15.0 Å². The first kappa shape index (κ1) is 20.0. The van der Waals surface area contributed by atoms with Gasteiger partial charge in [-0.3, -0.25) is 14.5 Å². The summed E-state index contributed by atoms with van der Waals surface area (Å²) in [6, 6.07) is 5.78. The summed E-state index contributed by atoms with van der Waals surface area (Å²) in [5.74, 6) is 0.622. The zero-order valence-electron chi connectivity index (χ0n) is 17.4. The van der Waals surface area contributed by atoms with Crippen LogP contribution in [0.1, 0.15) is 61.9 Å². The van der Waals surface area contributed by atoms with Crippen LogP contribution in [0.5, 0.6) is 5.75 Å². The van der Waals surface area contributed by atoms with E-state index in [1.54, 1.807) is 4.90 Å². The summed E-state index contributed by atoms with van der Waals surface area (Å²) in [4.78, 5) is 29.4. The van der Waals surface area contributed by atoms with Crippen LogP contribution >= 0.6 is 0 Å². The van der Waals surface area contributed by atoms with E-state index < -0.39 is 6.04 Å². The van der Waals surface area contributed by atoms with Gasteiger partial charge in [-0.25, -0.2) is 0 Å². The Hall–Kier alpha value is -2.34. The minimum absolute atomic E-state index is 0.0684. The molecular weight excluding hydrogens is 366 g/mol. The molecule has 1 aliphatic carbocycles. The van der Waals surface area contributed by atoms with Crippen molar-refractivity contribution in [2.24, 2.45) is 0 Å². The summed E-state index contributed by atoms with van der Waals surface area (Å²) < 4.78 is 6.39. The summed E-state index contributed by atoms with van der Waals surface area (Å²) in [6.45, 7) is 10.7. The molecule has 1 saturated carbocycles. The third-order valence-corrected chi connectivity index (χ3v) is 6.59. The summed E-state index contributed by atoms with van der Waals surface area (Å²) in [7, 11) is 0. The van der Waals surface area contributed by atoms with Gasteiger partial charge in [0.05, 0.1) is 0 Å². The van der Waals surface area contributed by atoms with Crippen molar-refractivity contribution < 1.29 is 14.3 Å². The fraction of sp³-hybridized carbons (Fsp3) is 0.565. The highest BCUT2D eigenvalue weighted by Gasteiger charge is 2.38. The van der Waals surface area contributed by atoms with Gasteiger partial charge in [-0.15, -0.1) is 0 Å². The zero-order chi connectivity index (χ0) is 20.5. The number of carbonyl (C=O) groups excluding carboxylic acids is 2. The highest BCUT2D eigenvalue weighted by atomic mass is 16.5. The maximum absolute atomic E-state index is 12.9. The molecule has 4 rings (SSSR count). The number of likely N-dealkylation sites (N-methyl/N-ethyl adjacent to an activating group) is 1. The first-order valence-corrected chi connectivity index (χ1v) is 10.8. The second kappa shape index (κ2) is 8.19. The van der Waals surface area contributed by atoms with E-state index in [0.717, 1.165) is 36.5 Å². The van der Waals surface area contributed by atoms with Crippen molar-refractivity contribution in [1.29, 1.82) is 0 Å². The minimum atomic E-state index is -0.424. The van der Waals surface area contributed by atoms with Crippen LogP contribution in [0.3, 0.4) is 0 Å². The largest absolute Gasteiger partial charge is 0.489 e. The van der Waals surface area contributed by atoms with Gasteiger partial charge >= 0.3 is 0 Å². The highest BCUT2D eigenvalue weighted by Crippen LogP contribution is 2.33. The van der Waals surface area contributed by atoms with Crippen molar-refractivity contribution in [3.63, 3.8) is 0 Å². The zero-order valence-corrected chi connectivity index (χ0v) is 17.4. The quantitative estimate of drug-likeness (QED) is 0.801. The molecule has 2 fully saturated rings. The van der Waals surface area contributed by atoms with E-state index in [4.69, 9.17) is 4.74 Å². The average molecular weight is 398 g/mol.